The lowest BCUT2D eigenvalue weighted by atomic mass is 10.1. The van der Waals surface area contributed by atoms with E-state index in [1.54, 1.807) is 0 Å². The lowest BCUT2D eigenvalue weighted by Gasteiger charge is -2.18. The van der Waals surface area contributed by atoms with E-state index in [1.807, 2.05) is 17.8 Å². The first-order valence-electron chi connectivity index (χ1n) is 4.98. The molecule has 1 heterocycles. The maximum atomic E-state index is 6.04. The molecule has 1 aliphatic heterocycles. The van der Waals surface area contributed by atoms with Crippen LogP contribution in [0.3, 0.4) is 0 Å². The molecule has 0 N–H and O–H groups in total. The number of benzene rings is 1. The fourth-order valence-corrected chi connectivity index (χ4v) is 2.84. The Balaban J connectivity index is 2.52. The highest BCUT2D eigenvalue weighted by molar-refractivity contribution is 7.99. The molecule has 2 rings (SSSR count). The molecule has 0 fully saturated rings. The summed E-state index contributed by atoms with van der Waals surface area (Å²) in [5, 5.41) is 0.809. The van der Waals surface area contributed by atoms with Gasteiger partial charge in [-0.2, -0.15) is 0 Å². The fourth-order valence-electron chi connectivity index (χ4n) is 1.73. The maximum Gasteiger partial charge on any atom is 0.0413 e. The highest BCUT2D eigenvalue weighted by Crippen LogP contribution is 2.34. The van der Waals surface area contributed by atoms with Gasteiger partial charge in [-0.3, -0.25) is 0 Å². The van der Waals surface area contributed by atoms with E-state index in [1.165, 1.54) is 16.2 Å². The number of allylic oxidation sites excluding steroid dienone is 1. The Labute approximate surface area is 100 Å². The Hall–Kier alpha value is -0.600. The van der Waals surface area contributed by atoms with E-state index in [0.29, 0.717) is 0 Å². The molecule has 0 spiro atoms. The van der Waals surface area contributed by atoms with Crippen LogP contribution in [0.4, 0.5) is 0 Å². The average Bonchev–Trinajstić information content (AvgIpc) is 2.39. The molecule has 3 heteroatoms. The highest BCUT2D eigenvalue weighted by atomic mass is 35.5. The molecule has 0 radical (unpaired) electrons. The number of fused-ring (bicyclic) bond motifs is 1. The second-order valence-corrected chi connectivity index (χ2v) is 5.33. The summed E-state index contributed by atoms with van der Waals surface area (Å²) in [6.45, 7) is 0. The van der Waals surface area contributed by atoms with Crippen molar-refractivity contribution in [1.29, 1.82) is 0 Å². The number of nitrogens with zero attached hydrogens (tertiary/aromatic N) is 1. The zero-order valence-corrected chi connectivity index (χ0v) is 10.5. The Bertz CT molecular complexity index is 399. The Morgan fingerprint density at radius 2 is 2.13 bits per heavy atom. The van der Waals surface area contributed by atoms with E-state index < -0.39 is 0 Å². The molecular weight excluding hydrogens is 226 g/mol. The van der Waals surface area contributed by atoms with Crippen LogP contribution in [0, 0.1) is 0 Å². The van der Waals surface area contributed by atoms with Crippen LogP contribution in [0.25, 0.3) is 5.70 Å². The van der Waals surface area contributed by atoms with Gasteiger partial charge in [-0.25, -0.2) is 0 Å². The highest BCUT2D eigenvalue weighted by Gasteiger charge is 2.13. The van der Waals surface area contributed by atoms with Crippen LogP contribution in [-0.2, 0) is 0 Å². The van der Waals surface area contributed by atoms with E-state index in [-0.39, 0.29) is 0 Å². The lowest BCUT2D eigenvalue weighted by Crippen LogP contribution is -2.10. The largest absolute Gasteiger partial charge is 0.377 e. The van der Waals surface area contributed by atoms with E-state index in [9.17, 15) is 0 Å². The van der Waals surface area contributed by atoms with Gasteiger partial charge in [0.2, 0.25) is 0 Å². The summed E-state index contributed by atoms with van der Waals surface area (Å²) in [5.41, 5.74) is 2.53. The molecule has 1 aromatic rings. The van der Waals surface area contributed by atoms with Crippen molar-refractivity contribution >= 4 is 29.1 Å². The van der Waals surface area contributed by atoms with Crippen molar-refractivity contribution in [2.24, 2.45) is 0 Å². The summed E-state index contributed by atoms with van der Waals surface area (Å²) in [4.78, 5) is 3.48. The molecule has 0 saturated carbocycles. The minimum Gasteiger partial charge on any atom is -0.377 e. The van der Waals surface area contributed by atoms with Crippen molar-refractivity contribution in [3.05, 3.63) is 34.9 Å². The van der Waals surface area contributed by atoms with Crippen LogP contribution in [0.5, 0.6) is 0 Å². The van der Waals surface area contributed by atoms with Gasteiger partial charge in [0.05, 0.1) is 0 Å². The number of rotatable bonds is 1. The van der Waals surface area contributed by atoms with Gasteiger partial charge >= 0.3 is 0 Å². The van der Waals surface area contributed by atoms with E-state index in [2.05, 4.69) is 37.2 Å². The standard InChI is InChI=1S/C12H14ClNS/c1-14(2)11-4-3-7-15-12-6-5-9(13)8-10(11)12/h4-6,8H,3,7H2,1-2H3. The molecule has 80 valence electrons. The first-order valence-corrected chi connectivity index (χ1v) is 6.35. The molecule has 0 aromatic heterocycles. The van der Waals surface area contributed by atoms with Gasteiger partial charge in [-0.1, -0.05) is 17.7 Å². The van der Waals surface area contributed by atoms with Crippen molar-refractivity contribution in [3.8, 4) is 0 Å². The summed E-state index contributed by atoms with van der Waals surface area (Å²) in [6, 6.07) is 6.14. The van der Waals surface area contributed by atoms with Crippen LogP contribution in [-0.4, -0.2) is 24.7 Å². The van der Waals surface area contributed by atoms with Gasteiger partial charge in [-0.05, 0) is 24.6 Å². The van der Waals surface area contributed by atoms with Gasteiger partial charge < -0.3 is 4.90 Å². The van der Waals surface area contributed by atoms with Gasteiger partial charge in [0, 0.05) is 41.0 Å². The van der Waals surface area contributed by atoms with Gasteiger partial charge in [0.1, 0.15) is 0 Å². The molecular formula is C12H14ClNS. The maximum absolute atomic E-state index is 6.04. The molecule has 0 aliphatic carbocycles. The molecule has 0 saturated heterocycles. The van der Waals surface area contributed by atoms with Crippen molar-refractivity contribution in [3.63, 3.8) is 0 Å². The summed E-state index contributed by atoms with van der Waals surface area (Å²) < 4.78 is 0. The zero-order valence-electron chi connectivity index (χ0n) is 8.96. The average molecular weight is 240 g/mol. The second-order valence-electron chi connectivity index (χ2n) is 3.76. The fraction of sp³-hybridized carbons (Fsp3) is 0.333. The third kappa shape index (κ3) is 2.32. The van der Waals surface area contributed by atoms with Gasteiger partial charge in [-0.15, -0.1) is 11.8 Å². The minimum absolute atomic E-state index is 0.809. The number of hydrogen-bond acceptors (Lipinski definition) is 2. The Morgan fingerprint density at radius 3 is 2.87 bits per heavy atom. The minimum atomic E-state index is 0.809. The van der Waals surface area contributed by atoms with E-state index >= 15 is 0 Å². The molecule has 0 amide bonds. The molecule has 15 heavy (non-hydrogen) atoms. The summed E-state index contributed by atoms with van der Waals surface area (Å²) in [5.74, 6) is 1.14. The van der Waals surface area contributed by atoms with Crippen molar-refractivity contribution < 1.29 is 0 Å². The second kappa shape index (κ2) is 4.50. The van der Waals surface area contributed by atoms with Crippen molar-refractivity contribution in [2.45, 2.75) is 11.3 Å². The monoisotopic (exact) mass is 239 g/mol. The van der Waals surface area contributed by atoms with Crippen LogP contribution >= 0.6 is 23.4 Å². The zero-order chi connectivity index (χ0) is 10.8. The first-order chi connectivity index (χ1) is 7.18. The van der Waals surface area contributed by atoms with Crippen LogP contribution in [0.2, 0.25) is 5.02 Å². The topological polar surface area (TPSA) is 3.24 Å². The predicted octanol–water partition coefficient (Wildman–Crippen LogP) is 3.74. The Kier molecular flexibility index (Phi) is 3.27. The van der Waals surface area contributed by atoms with Gasteiger partial charge in [0.15, 0.2) is 0 Å². The van der Waals surface area contributed by atoms with Gasteiger partial charge in [0.25, 0.3) is 0 Å². The Morgan fingerprint density at radius 1 is 1.33 bits per heavy atom. The van der Waals surface area contributed by atoms with E-state index in [0.717, 1.165) is 17.2 Å². The molecule has 0 atom stereocenters. The number of halogens is 1. The SMILES string of the molecule is CN(C)C1=CCCSc2ccc(Cl)cc21. The summed E-state index contributed by atoms with van der Waals surface area (Å²) in [7, 11) is 4.15. The smallest absolute Gasteiger partial charge is 0.0413 e. The van der Waals surface area contributed by atoms with E-state index in [4.69, 9.17) is 11.6 Å². The first kappa shape index (κ1) is 10.9. The third-order valence-electron chi connectivity index (χ3n) is 2.41. The van der Waals surface area contributed by atoms with Crippen LogP contribution in [0.1, 0.15) is 12.0 Å². The predicted molar refractivity (Wildman–Crippen MR) is 68.5 cm³/mol. The number of hydrogen-bond donors (Lipinski definition) is 0. The molecule has 1 aliphatic rings. The quantitative estimate of drug-likeness (QED) is 0.735. The van der Waals surface area contributed by atoms with Crippen molar-refractivity contribution in [2.75, 3.05) is 19.8 Å². The van der Waals surface area contributed by atoms with Crippen LogP contribution < -0.4 is 0 Å². The molecule has 1 nitrogen and oxygen atoms in total. The van der Waals surface area contributed by atoms with Crippen LogP contribution in [0.15, 0.2) is 29.2 Å². The third-order valence-corrected chi connectivity index (χ3v) is 3.75. The molecule has 1 aromatic carbocycles. The lowest BCUT2D eigenvalue weighted by molar-refractivity contribution is 0.589. The van der Waals surface area contributed by atoms with Crippen molar-refractivity contribution in [1.82, 2.24) is 4.90 Å². The molecule has 0 unspecified atom stereocenters. The molecule has 0 bridgehead atoms. The normalized spacial score (nSPS) is 15.3. The summed E-state index contributed by atoms with van der Waals surface area (Å²) in [6.07, 6.45) is 3.40. The number of thioether (sulfide) groups is 1. The summed E-state index contributed by atoms with van der Waals surface area (Å²) >= 11 is 7.95.